The van der Waals surface area contributed by atoms with Crippen LogP contribution in [-0.4, -0.2) is 11.7 Å². The Hall–Kier alpha value is -0.930. The molecule has 1 aromatic carbocycles. The van der Waals surface area contributed by atoms with Crippen molar-refractivity contribution >= 4 is 0 Å². The third-order valence-electron chi connectivity index (χ3n) is 2.49. The zero-order valence-electron chi connectivity index (χ0n) is 8.50. The number of aliphatic hydroxyl groups is 1. The molecular weight excluding hydrogens is 181 g/mol. The molecule has 0 aliphatic carbocycles. The molecule has 0 aromatic heterocycles. The SMILES string of the molecule is CC(C)(CO)[C@H](N)c1ccccc1F. The van der Waals surface area contributed by atoms with E-state index in [1.54, 1.807) is 18.2 Å². The van der Waals surface area contributed by atoms with Gasteiger partial charge in [0.1, 0.15) is 5.82 Å². The number of hydrogen-bond acceptors (Lipinski definition) is 2. The van der Waals surface area contributed by atoms with Gasteiger partial charge in [0.05, 0.1) is 0 Å². The van der Waals surface area contributed by atoms with Crippen molar-refractivity contribution in [2.45, 2.75) is 19.9 Å². The largest absolute Gasteiger partial charge is 0.396 e. The predicted octanol–water partition coefficient (Wildman–Crippen LogP) is 1.84. The van der Waals surface area contributed by atoms with E-state index >= 15 is 0 Å². The first kappa shape index (κ1) is 11.1. The first-order valence-electron chi connectivity index (χ1n) is 4.60. The van der Waals surface area contributed by atoms with Crippen LogP contribution in [0.4, 0.5) is 4.39 Å². The van der Waals surface area contributed by atoms with Crippen LogP contribution in [0.3, 0.4) is 0 Å². The van der Waals surface area contributed by atoms with Crippen LogP contribution < -0.4 is 5.73 Å². The van der Waals surface area contributed by atoms with Crippen LogP contribution in [0.5, 0.6) is 0 Å². The van der Waals surface area contributed by atoms with Gasteiger partial charge < -0.3 is 10.8 Å². The monoisotopic (exact) mass is 197 g/mol. The first-order chi connectivity index (χ1) is 6.49. The highest BCUT2D eigenvalue weighted by Crippen LogP contribution is 2.31. The van der Waals surface area contributed by atoms with E-state index in [2.05, 4.69) is 0 Å². The fourth-order valence-electron chi connectivity index (χ4n) is 1.25. The lowest BCUT2D eigenvalue weighted by molar-refractivity contribution is 0.131. The van der Waals surface area contributed by atoms with Crippen molar-refractivity contribution in [3.05, 3.63) is 35.6 Å². The van der Waals surface area contributed by atoms with E-state index in [9.17, 15) is 4.39 Å². The zero-order valence-corrected chi connectivity index (χ0v) is 8.50. The molecule has 0 aliphatic heterocycles. The molecular formula is C11H16FNO. The second-order valence-corrected chi connectivity index (χ2v) is 4.15. The third kappa shape index (κ3) is 2.11. The summed E-state index contributed by atoms with van der Waals surface area (Å²) in [7, 11) is 0. The van der Waals surface area contributed by atoms with Gasteiger partial charge in [0.15, 0.2) is 0 Å². The zero-order chi connectivity index (χ0) is 10.8. The highest BCUT2D eigenvalue weighted by Gasteiger charge is 2.28. The molecule has 0 amide bonds. The average Bonchev–Trinajstić information content (AvgIpc) is 2.17. The van der Waals surface area contributed by atoms with E-state index < -0.39 is 11.5 Å². The summed E-state index contributed by atoms with van der Waals surface area (Å²) < 4.78 is 13.3. The van der Waals surface area contributed by atoms with E-state index in [1.807, 2.05) is 13.8 Å². The maximum atomic E-state index is 13.3. The second-order valence-electron chi connectivity index (χ2n) is 4.15. The molecule has 0 heterocycles. The predicted molar refractivity (Wildman–Crippen MR) is 54.2 cm³/mol. The van der Waals surface area contributed by atoms with Gasteiger partial charge in [0.25, 0.3) is 0 Å². The fraction of sp³-hybridized carbons (Fsp3) is 0.455. The van der Waals surface area contributed by atoms with Crippen molar-refractivity contribution in [1.82, 2.24) is 0 Å². The Morgan fingerprint density at radius 1 is 1.43 bits per heavy atom. The Bertz CT molecular complexity index is 312. The molecule has 0 fully saturated rings. The van der Waals surface area contributed by atoms with Crippen LogP contribution in [-0.2, 0) is 0 Å². The first-order valence-corrected chi connectivity index (χ1v) is 4.60. The Morgan fingerprint density at radius 2 is 2.00 bits per heavy atom. The van der Waals surface area contributed by atoms with Gasteiger partial charge in [0, 0.05) is 23.6 Å². The molecule has 78 valence electrons. The molecule has 0 saturated heterocycles. The molecule has 0 spiro atoms. The highest BCUT2D eigenvalue weighted by molar-refractivity contribution is 5.22. The Labute approximate surface area is 83.6 Å². The number of aliphatic hydroxyl groups excluding tert-OH is 1. The molecule has 0 unspecified atom stereocenters. The lowest BCUT2D eigenvalue weighted by Gasteiger charge is -2.29. The van der Waals surface area contributed by atoms with Crippen LogP contribution in [0.15, 0.2) is 24.3 Å². The Kier molecular flexibility index (Phi) is 3.24. The second kappa shape index (κ2) is 4.07. The highest BCUT2D eigenvalue weighted by atomic mass is 19.1. The van der Waals surface area contributed by atoms with E-state index in [-0.39, 0.29) is 12.4 Å². The molecule has 3 N–H and O–H groups in total. The van der Waals surface area contributed by atoms with Crippen molar-refractivity contribution in [1.29, 1.82) is 0 Å². The summed E-state index contributed by atoms with van der Waals surface area (Å²) in [6.45, 7) is 3.55. The van der Waals surface area contributed by atoms with Crippen molar-refractivity contribution in [2.24, 2.45) is 11.1 Å². The molecule has 0 saturated carbocycles. The van der Waals surface area contributed by atoms with Crippen LogP contribution in [0.2, 0.25) is 0 Å². The van der Waals surface area contributed by atoms with Gasteiger partial charge in [-0.15, -0.1) is 0 Å². The lowest BCUT2D eigenvalue weighted by Crippen LogP contribution is -2.33. The average molecular weight is 197 g/mol. The van der Waals surface area contributed by atoms with E-state index in [0.29, 0.717) is 5.56 Å². The van der Waals surface area contributed by atoms with Gasteiger partial charge in [-0.1, -0.05) is 32.0 Å². The third-order valence-corrected chi connectivity index (χ3v) is 2.49. The lowest BCUT2D eigenvalue weighted by atomic mass is 9.82. The number of nitrogens with two attached hydrogens (primary N) is 1. The van der Waals surface area contributed by atoms with E-state index in [0.717, 1.165) is 0 Å². The van der Waals surface area contributed by atoms with Gasteiger partial charge in [0.2, 0.25) is 0 Å². The van der Waals surface area contributed by atoms with Crippen molar-refractivity contribution < 1.29 is 9.50 Å². The van der Waals surface area contributed by atoms with Gasteiger partial charge in [-0.2, -0.15) is 0 Å². The van der Waals surface area contributed by atoms with Crippen LogP contribution in [0.25, 0.3) is 0 Å². The number of halogens is 1. The van der Waals surface area contributed by atoms with Gasteiger partial charge in [-0.25, -0.2) is 4.39 Å². The van der Waals surface area contributed by atoms with Crippen LogP contribution >= 0.6 is 0 Å². The minimum atomic E-state index is -0.512. The summed E-state index contributed by atoms with van der Waals surface area (Å²) in [5.74, 6) is -0.318. The maximum Gasteiger partial charge on any atom is 0.127 e. The van der Waals surface area contributed by atoms with E-state index in [1.165, 1.54) is 6.07 Å². The fourth-order valence-corrected chi connectivity index (χ4v) is 1.25. The van der Waals surface area contributed by atoms with Crippen LogP contribution in [0.1, 0.15) is 25.5 Å². The van der Waals surface area contributed by atoms with Crippen LogP contribution in [0, 0.1) is 11.2 Å². The molecule has 14 heavy (non-hydrogen) atoms. The Balaban J connectivity index is 3.00. The molecule has 1 atom stereocenters. The summed E-state index contributed by atoms with van der Waals surface area (Å²) in [6.07, 6.45) is 0. The molecule has 3 heteroatoms. The molecule has 1 rings (SSSR count). The van der Waals surface area contributed by atoms with Crippen molar-refractivity contribution in [3.63, 3.8) is 0 Å². The minimum Gasteiger partial charge on any atom is -0.396 e. The quantitative estimate of drug-likeness (QED) is 0.776. The summed E-state index contributed by atoms with van der Waals surface area (Å²) in [4.78, 5) is 0. The molecule has 0 aliphatic rings. The smallest absolute Gasteiger partial charge is 0.127 e. The molecule has 1 aromatic rings. The Morgan fingerprint density at radius 3 is 2.50 bits per heavy atom. The molecule has 2 nitrogen and oxygen atoms in total. The minimum absolute atomic E-state index is 0.0670. The normalized spacial score (nSPS) is 14.1. The summed E-state index contributed by atoms with van der Waals surface area (Å²) in [5, 5.41) is 9.11. The van der Waals surface area contributed by atoms with Gasteiger partial charge >= 0.3 is 0 Å². The van der Waals surface area contributed by atoms with Crippen molar-refractivity contribution in [2.75, 3.05) is 6.61 Å². The summed E-state index contributed by atoms with van der Waals surface area (Å²) >= 11 is 0. The maximum absolute atomic E-state index is 13.3. The number of benzene rings is 1. The van der Waals surface area contributed by atoms with Gasteiger partial charge in [-0.3, -0.25) is 0 Å². The number of rotatable bonds is 3. The summed E-state index contributed by atoms with van der Waals surface area (Å²) in [5.41, 5.74) is 5.82. The number of hydrogen-bond donors (Lipinski definition) is 2. The van der Waals surface area contributed by atoms with Gasteiger partial charge in [-0.05, 0) is 6.07 Å². The topological polar surface area (TPSA) is 46.2 Å². The molecule has 0 radical (unpaired) electrons. The van der Waals surface area contributed by atoms with Crippen molar-refractivity contribution in [3.8, 4) is 0 Å². The van der Waals surface area contributed by atoms with E-state index in [4.69, 9.17) is 10.8 Å². The molecule has 0 bridgehead atoms. The summed E-state index contributed by atoms with van der Waals surface area (Å²) in [6, 6.07) is 5.90. The standard InChI is InChI=1S/C11H16FNO/c1-11(2,7-14)10(13)8-5-3-4-6-9(8)12/h3-6,10,14H,7,13H2,1-2H3/t10-/m1/s1.